The number of carbonyl (C=O) groups excluding carboxylic acids is 2. The lowest BCUT2D eigenvalue weighted by atomic mass is 10.1. The van der Waals surface area contributed by atoms with Gasteiger partial charge in [0, 0.05) is 12.1 Å². The zero-order chi connectivity index (χ0) is 17.8. The van der Waals surface area contributed by atoms with Crippen LogP contribution in [-0.2, 0) is 20.9 Å². The lowest BCUT2D eigenvalue weighted by Crippen LogP contribution is -2.42. The normalized spacial score (nSPS) is 13.4. The highest BCUT2D eigenvalue weighted by Crippen LogP contribution is 2.32. The molecule has 7 heteroatoms. The van der Waals surface area contributed by atoms with Crippen molar-refractivity contribution in [1.82, 2.24) is 0 Å². The molecule has 1 aliphatic heterocycles. The number of benzene rings is 2. The van der Waals surface area contributed by atoms with Gasteiger partial charge < -0.3 is 15.0 Å². The summed E-state index contributed by atoms with van der Waals surface area (Å²) in [5.74, 6) is -3.01. The molecular formula is C18H16F2N2O3. The number of carbonyl (C=O) groups is 2. The van der Waals surface area contributed by atoms with Crippen LogP contribution in [0, 0.1) is 11.6 Å². The first-order valence-electron chi connectivity index (χ1n) is 7.75. The molecular weight excluding hydrogens is 330 g/mol. The van der Waals surface area contributed by atoms with Crippen LogP contribution >= 0.6 is 0 Å². The van der Waals surface area contributed by atoms with E-state index in [1.54, 1.807) is 0 Å². The average molecular weight is 346 g/mol. The molecule has 1 aliphatic rings. The predicted octanol–water partition coefficient (Wildman–Crippen LogP) is 2.86. The van der Waals surface area contributed by atoms with Crippen molar-refractivity contribution >= 4 is 23.2 Å². The molecule has 2 aromatic carbocycles. The van der Waals surface area contributed by atoms with Gasteiger partial charge in [-0.15, -0.1) is 0 Å². The number of nitrogens with one attached hydrogen (secondary N) is 1. The second-order valence-corrected chi connectivity index (χ2v) is 5.60. The number of anilines is 2. The van der Waals surface area contributed by atoms with Crippen LogP contribution < -0.4 is 10.2 Å². The Balaban J connectivity index is 1.62. The van der Waals surface area contributed by atoms with E-state index in [0.717, 1.165) is 22.6 Å². The number of amides is 2. The third-order valence-corrected chi connectivity index (χ3v) is 3.78. The zero-order valence-electron chi connectivity index (χ0n) is 13.3. The van der Waals surface area contributed by atoms with Gasteiger partial charge in [-0.05, 0) is 5.56 Å². The Hall–Kier alpha value is -2.80. The third-order valence-electron chi connectivity index (χ3n) is 3.78. The average Bonchev–Trinajstić information content (AvgIpc) is 2.60. The Labute approximate surface area is 143 Å². The molecule has 0 bridgehead atoms. The molecule has 0 aliphatic carbocycles. The first-order valence-corrected chi connectivity index (χ1v) is 7.75. The minimum absolute atomic E-state index is 0.0263. The molecule has 1 N–H and O–H groups in total. The van der Waals surface area contributed by atoms with E-state index in [-0.39, 0.29) is 30.9 Å². The fourth-order valence-corrected chi connectivity index (χ4v) is 2.56. The van der Waals surface area contributed by atoms with Crippen molar-refractivity contribution in [1.29, 1.82) is 0 Å². The van der Waals surface area contributed by atoms with E-state index >= 15 is 0 Å². The Morgan fingerprint density at radius 3 is 2.64 bits per heavy atom. The van der Waals surface area contributed by atoms with Gasteiger partial charge in [-0.1, -0.05) is 30.3 Å². The van der Waals surface area contributed by atoms with Crippen LogP contribution in [0.4, 0.5) is 20.2 Å². The van der Waals surface area contributed by atoms with Crippen molar-refractivity contribution in [2.24, 2.45) is 0 Å². The molecule has 0 spiro atoms. The fourth-order valence-electron chi connectivity index (χ4n) is 2.56. The number of ether oxygens (including phenoxy) is 1. The minimum atomic E-state index is -1.08. The summed E-state index contributed by atoms with van der Waals surface area (Å²) >= 11 is 0. The van der Waals surface area contributed by atoms with Gasteiger partial charge in [0.25, 0.3) is 0 Å². The molecule has 0 unspecified atom stereocenters. The summed E-state index contributed by atoms with van der Waals surface area (Å²) in [6, 6.07) is 11.3. The molecule has 0 saturated carbocycles. The lowest BCUT2D eigenvalue weighted by Gasteiger charge is -2.29. The number of nitrogens with zero attached hydrogens (tertiary/aromatic N) is 1. The van der Waals surface area contributed by atoms with Crippen molar-refractivity contribution < 1.29 is 23.1 Å². The summed E-state index contributed by atoms with van der Waals surface area (Å²) in [7, 11) is 0. The van der Waals surface area contributed by atoms with Crippen molar-refractivity contribution in [3.63, 3.8) is 0 Å². The highest BCUT2D eigenvalue weighted by molar-refractivity contribution is 6.09. The van der Waals surface area contributed by atoms with Gasteiger partial charge in [-0.25, -0.2) is 8.78 Å². The maximum absolute atomic E-state index is 13.5. The molecule has 5 nitrogen and oxygen atoms in total. The van der Waals surface area contributed by atoms with E-state index in [1.807, 2.05) is 30.3 Å². The molecule has 25 heavy (non-hydrogen) atoms. The second kappa shape index (κ2) is 7.40. The molecule has 1 heterocycles. The molecule has 0 radical (unpaired) electrons. The summed E-state index contributed by atoms with van der Waals surface area (Å²) in [5, 5.41) is 2.43. The molecule has 130 valence electrons. The first-order chi connectivity index (χ1) is 12.0. The predicted molar refractivity (Wildman–Crippen MR) is 88.1 cm³/mol. The van der Waals surface area contributed by atoms with E-state index in [9.17, 15) is 18.4 Å². The van der Waals surface area contributed by atoms with E-state index < -0.39 is 23.4 Å². The SMILES string of the molecule is O=C1CN(C(=O)CCOCc2ccccc2)c2cc(F)c(F)cc2N1. The Kier molecular flexibility index (Phi) is 5.04. The van der Waals surface area contributed by atoms with E-state index in [1.165, 1.54) is 0 Å². The number of halogens is 2. The van der Waals surface area contributed by atoms with Crippen LogP contribution in [0.1, 0.15) is 12.0 Å². The van der Waals surface area contributed by atoms with Gasteiger partial charge >= 0.3 is 0 Å². The molecule has 2 aromatic rings. The van der Waals surface area contributed by atoms with E-state index in [2.05, 4.69) is 5.32 Å². The second-order valence-electron chi connectivity index (χ2n) is 5.60. The third kappa shape index (κ3) is 4.00. The van der Waals surface area contributed by atoms with Crippen LogP contribution in [0.3, 0.4) is 0 Å². The highest BCUT2D eigenvalue weighted by Gasteiger charge is 2.28. The van der Waals surface area contributed by atoms with E-state index in [0.29, 0.717) is 6.61 Å². The molecule has 2 amide bonds. The minimum Gasteiger partial charge on any atom is -0.376 e. The molecule has 0 atom stereocenters. The number of fused-ring (bicyclic) bond motifs is 1. The maximum Gasteiger partial charge on any atom is 0.244 e. The number of hydrogen-bond acceptors (Lipinski definition) is 3. The quantitative estimate of drug-likeness (QED) is 0.847. The Bertz CT molecular complexity index is 796. The first kappa shape index (κ1) is 17.0. The van der Waals surface area contributed by atoms with Crippen LogP contribution in [0.25, 0.3) is 0 Å². The van der Waals surface area contributed by atoms with Gasteiger partial charge in [0.05, 0.1) is 31.0 Å². The standard InChI is InChI=1S/C18H16F2N2O3/c19-13-8-15-16(9-14(13)20)22(10-17(23)21-15)18(24)6-7-25-11-12-4-2-1-3-5-12/h1-5,8-9H,6-7,10-11H2,(H,21,23). The van der Waals surface area contributed by atoms with Gasteiger partial charge in [-0.2, -0.15) is 0 Å². The topological polar surface area (TPSA) is 58.6 Å². The largest absolute Gasteiger partial charge is 0.376 e. The fraction of sp³-hybridized carbons (Fsp3) is 0.222. The van der Waals surface area contributed by atoms with Crippen molar-refractivity contribution in [2.45, 2.75) is 13.0 Å². The maximum atomic E-state index is 13.5. The molecule has 3 rings (SSSR count). The van der Waals surface area contributed by atoms with Crippen LogP contribution in [-0.4, -0.2) is 25.0 Å². The van der Waals surface area contributed by atoms with Crippen molar-refractivity contribution in [2.75, 3.05) is 23.4 Å². The van der Waals surface area contributed by atoms with Gasteiger partial charge in [-0.3, -0.25) is 9.59 Å². The summed E-state index contributed by atoms with van der Waals surface area (Å²) in [6.45, 7) is 0.283. The monoisotopic (exact) mass is 346 g/mol. The smallest absolute Gasteiger partial charge is 0.244 e. The van der Waals surface area contributed by atoms with Gasteiger partial charge in [0.2, 0.25) is 11.8 Å². The summed E-state index contributed by atoms with van der Waals surface area (Å²) in [4.78, 5) is 25.2. The van der Waals surface area contributed by atoms with Crippen molar-refractivity contribution in [3.05, 3.63) is 59.7 Å². The molecule has 0 fully saturated rings. The summed E-state index contributed by atoms with van der Waals surface area (Å²) < 4.78 is 32.3. The summed E-state index contributed by atoms with van der Waals surface area (Å²) in [5.41, 5.74) is 1.20. The van der Waals surface area contributed by atoms with Gasteiger partial charge in [0.1, 0.15) is 6.54 Å². The number of hydrogen-bond donors (Lipinski definition) is 1. The van der Waals surface area contributed by atoms with Crippen molar-refractivity contribution in [3.8, 4) is 0 Å². The Morgan fingerprint density at radius 2 is 1.88 bits per heavy atom. The van der Waals surface area contributed by atoms with E-state index in [4.69, 9.17) is 4.74 Å². The number of rotatable bonds is 5. The van der Waals surface area contributed by atoms with Crippen LogP contribution in [0.2, 0.25) is 0 Å². The molecule has 0 aromatic heterocycles. The lowest BCUT2D eigenvalue weighted by molar-refractivity contribution is -0.122. The zero-order valence-corrected chi connectivity index (χ0v) is 13.3. The van der Waals surface area contributed by atoms with Gasteiger partial charge in [0.15, 0.2) is 11.6 Å². The summed E-state index contributed by atoms with van der Waals surface area (Å²) in [6.07, 6.45) is 0.0263. The highest BCUT2D eigenvalue weighted by atomic mass is 19.2. The molecule has 0 saturated heterocycles. The van der Waals surface area contributed by atoms with Crippen LogP contribution in [0.15, 0.2) is 42.5 Å². The Morgan fingerprint density at radius 1 is 1.16 bits per heavy atom. The van der Waals surface area contributed by atoms with Crippen LogP contribution in [0.5, 0.6) is 0 Å².